The molecule has 1 atom stereocenters. The zero-order valence-corrected chi connectivity index (χ0v) is 13.7. The number of rotatable bonds is 7. The van der Waals surface area contributed by atoms with Crippen LogP contribution in [-0.4, -0.2) is 42.3 Å². The zero-order chi connectivity index (χ0) is 15.0. The second kappa shape index (κ2) is 8.50. The molecule has 0 aromatic carbocycles. The summed E-state index contributed by atoms with van der Waals surface area (Å²) in [6.45, 7) is 10.6. The monoisotopic (exact) mass is 284 g/mol. The normalized spacial score (nSPS) is 19.4. The van der Waals surface area contributed by atoms with Crippen LogP contribution in [0.25, 0.3) is 0 Å². The van der Waals surface area contributed by atoms with Gasteiger partial charge in [0, 0.05) is 19.1 Å². The molecule has 0 spiro atoms. The number of carbonyl (C=O) groups excluding carboxylic acids is 1. The minimum absolute atomic E-state index is 0.176. The van der Waals surface area contributed by atoms with Gasteiger partial charge in [-0.2, -0.15) is 0 Å². The molecule has 0 aromatic heterocycles. The van der Waals surface area contributed by atoms with E-state index in [1.54, 1.807) is 0 Å². The summed E-state index contributed by atoms with van der Waals surface area (Å²) in [6, 6.07) is 0.439. The van der Waals surface area contributed by atoms with Crippen molar-refractivity contribution in [1.82, 2.24) is 10.2 Å². The molecule has 4 nitrogen and oxygen atoms in total. The highest BCUT2D eigenvalue weighted by atomic mass is 16.6. The second-order valence-corrected chi connectivity index (χ2v) is 6.78. The average molecular weight is 284 g/mol. The molecule has 0 aromatic rings. The van der Waals surface area contributed by atoms with Crippen LogP contribution in [-0.2, 0) is 4.74 Å². The molecular weight excluding hydrogens is 252 g/mol. The van der Waals surface area contributed by atoms with Crippen LogP contribution in [0.5, 0.6) is 0 Å². The van der Waals surface area contributed by atoms with Crippen molar-refractivity contribution >= 4 is 6.09 Å². The number of unbranched alkanes of at least 4 members (excludes halogenated alkanes) is 4. The Morgan fingerprint density at radius 3 is 2.60 bits per heavy atom. The standard InChI is InChI=1S/C16H32N2O2/c1-5-6-7-8-9-11-17-14-10-12-18(13-14)15(19)20-16(2,3)4/h14,17H,5-13H2,1-4H3. The molecule has 1 aliphatic heterocycles. The maximum absolute atomic E-state index is 11.9. The number of ether oxygens (including phenoxy) is 1. The fourth-order valence-corrected chi connectivity index (χ4v) is 2.45. The van der Waals surface area contributed by atoms with E-state index in [2.05, 4.69) is 12.2 Å². The molecule has 1 aliphatic rings. The van der Waals surface area contributed by atoms with Crippen molar-refractivity contribution in [1.29, 1.82) is 0 Å². The molecule has 4 heteroatoms. The first-order valence-electron chi connectivity index (χ1n) is 8.13. The third kappa shape index (κ3) is 7.13. The highest BCUT2D eigenvalue weighted by Gasteiger charge is 2.29. The lowest BCUT2D eigenvalue weighted by atomic mass is 10.1. The van der Waals surface area contributed by atoms with Crippen molar-refractivity contribution in [3.05, 3.63) is 0 Å². The van der Waals surface area contributed by atoms with Crippen LogP contribution in [0, 0.1) is 0 Å². The summed E-state index contributed by atoms with van der Waals surface area (Å²) in [7, 11) is 0. The minimum atomic E-state index is -0.401. The number of amides is 1. The van der Waals surface area contributed by atoms with Crippen LogP contribution in [0.2, 0.25) is 0 Å². The van der Waals surface area contributed by atoms with Gasteiger partial charge in [0.15, 0.2) is 0 Å². The van der Waals surface area contributed by atoms with E-state index in [4.69, 9.17) is 4.74 Å². The Labute approximate surface area is 124 Å². The molecule has 1 unspecified atom stereocenters. The number of likely N-dealkylation sites (tertiary alicyclic amines) is 1. The van der Waals surface area contributed by atoms with Crippen molar-refractivity contribution < 1.29 is 9.53 Å². The van der Waals surface area contributed by atoms with E-state index in [0.717, 1.165) is 26.1 Å². The maximum Gasteiger partial charge on any atom is 0.410 e. The summed E-state index contributed by atoms with van der Waals surface area (Å²) < 4.78 is 5.40. The predicted octanol–water partition coefficient (Wildman–Crippen LogP) is 3.56. The van der Waals surface area contributed by atoms with Crippen LogP contribution >= 0.6 is 0 Å². The number of nitrogens with zero attached hydrogens (tertiary/aromatic N) is 1. The molecule has 1 saturated heterocycles. The quantitative estimate of drug-likeness (QED) is 0.727. The van der Waals surface area contributed by atoms with Crippen LogP contribution in [0.3, 0.4) is 0 Å². The Morgan fingerprint density at radius 1 is 1.25 bits per heavy atom. The van der Waals surface area contributed by atoms with E-state index >= 15 is 0 Å². The zero-order valence-electron chi connectivity index (χ0n) is 13.7. The molecule has 118 valence electrons. The lowest BCUT2D eigenvalue weighted by Crippen LogP contribution is -2.38. The molecule has 1 rings (SSSR count). The van der Waals surface area contributed by atoms with E-state index in [1.807, 2.05) is 25.7 Å². The van der Waals surface area contributed by atoms with Crippen molar-refractivity contribution in [3.8, 4) is 0 Å². The molecule has 0 radical (unpaired) electrons. The van der Waals surface area contributed by atoms with Gasteiger partial charge in [0.1, 0.15) is 5.60 Å². The lowest BCUT2D eigenvalue weighted by Gasteiger charge is -2.24. The summed E-state index contributed by atoms with van der Waals surface area (Å²) in [4.78, 5) is 13.8. The molecule has 1 heterocycles. The van der Waals surface area contributed by atoms with Gasteiger partial charge >= 0.3 is 6.09 Å². The summed E-state index contributed by atoms with van der Waals surface area (Å²) in [5, 5.41) is 3.56. The van der Waals surface area contributed by atoms with Gasteiger partial charge in [0.2, 0.25) is 0 Å². The maximum atomic E-state index is 11.9. The van der Waals surface area contributed by atoms with Crippen molar-refractivity contribution in [2.75, 3.05) is 19.6 Å². The summed E-state index contributed by atoms with van der Waals surface area (Å²) >= 11 is 0. The molecule has 1 fully saturated rings. The fraction of sp³-hybridized carbons (Fsp3) is 0.938. The van der Waals surface area contributed by atoms with Crippen molar-refractivity contribution in [2.45, 2.75) is 77.9 Å². The van der Waals surface area contributed by atoms with Gasteiger partial charge in [0.25, 0.3) is 0 Å². The van der Waals surface area contributed by atoms with Crippen molar-refractivity contribution in [3.63, 3.8) is 0 Å². The highest BCUT2D eigenvalue weighted by Crippen LogP contribution is 2.15. The Kier molecular flexibility index (Phi) is 7.35. The smallest absolute Gasteiger partial charge is 0.410 e. The average Bonchev–Trinajstić information content (AvgIpc) is 2.80. The van der Waals surface area contributed by atoms with E-state index in [-0.39, 0.29) is 6.09 Å². The molecule has 0 aliphatic carbocycles. The highest BCUT2D eigenvalue weighted by molar-refractivity contribution is 5.68. The van der Waals surface area contributed by atoms with Crippen LogP contribution in [0.15, 0.2) is 0 Å². The number of carbonyl (C=O) groups is 1. The Balaban J connectivity index is 2.12. The van der Waals surface area contributed by atoms with Gasteiger partial charge in [-0.3, -0.25) is 0 Å². The molecule has 20 heavy (non-hydrogen) atoms. The lowest BCUT2D eigenvalue weighted by molar-refractivity contribution is 0.0291. The van der Waals surface area contributed by atoms with Gasteiger partial charge in [-0.15, -0.1) is 0 Å². The van der Waals surface area contributed by atoms with Gasteiger partial charge < -0.3 is 15.0 Å². The fourth-order valence-electron chi connectivity index (χ4n) is 2.45. The van der Waals surface area contributed by atoms with Crippen LogP contribution < -0.4 is 5.32 Å². The Hall–Kier alpha value is -0.770. The van der Waals surface area contributed by atoms with Gasteiger partial charge in [-0.25, -0.2) is 4.79 Å². The first kappa shape index (κ1) is 17.3. The summed E-state index contributed by atoms with van der Waals surface area (Å²) in [6.07, 6.45) is 7.38. The Bertz CT molecular complexity index is 287. The summed E-state index contributed by atoms with van der Waals surface area (Å²) in [5.41, 5.74) is -0.401. The van der Waals surface area contributed by atoms with Crippen molar-refractivity contribution in [2.24, 2.45) is 0 Å². The molecular formula is C16H32N2O2. The first-order valence-corrected chi connectivity index (χ1v) is 8.13. The number of hydrogen-bond donors (Lipinski definition) is 1. The molecule has 1 N–H and O–H groups in total. The second-order valence-electron chi connectivity index (χ2n) is 6.78. The third-order valence-corrected chi connectivity index (χ3v) is 3.55. The summed E-state index contributed by atoms with van der Waals surface area (Å²) in [5.74, 6) is 0. The van der Waals surface area contributed by atoms with Gasteiger partial charge in [-0.1, -0.05) is 32.6 Å². The van der Waals surface area contributed by atoms with Gasteiger partial charge in [0.05, 0.1) is 0 Å². The van der Waals surface area contributed by atoms with Crippen LogP contribution in [0.4, 0.5) is 4.79 Å². The third-order valence-electron chi connectivity index (χ3n) is 3.55. The topological polar surface area (TPSA) is 41.6 Å². The SMILES string of the molecule is CCCCCCCNC1CCN(C(=O)OC(C)(C)C)C1. The van der Waals surface area contributed by atoms with E-state index < -0.39 is 5.60 Å². The van der Waals surface area contributed by atoms with E-state index in [9.17, 15) is 4.79 Å². The largest absolute Gasteiger partial charge is 0.444 e. The number of nitrogens with one attached hydrogen (secondary N) is 1. The van der Waals surface area contributed by atoms with E-state index in [1.165, 1.54) is 32.1 Å². The first-order chi connectivity index (χ1) is 9.42. The molecule has 0 saturated carbocycles. The number of hydrogen-bond acceptors (Lipinski definition) is 3. The van der Waals surface area contributed by atoms with Crippen LogP contribution in [0.1, 0.15) is 66.2 Å². The van der Waals surface area contributed by atoms with E-state index in [0.29, 0.717) is 6.04 Å². The molecule has 0 bridgehead atoms. The Morgan fingerprint density at radius 2 is 1.95 bits per heavy atom. The van der Waals surface area contributed by atoms with Gasteiger partial charge in [-0.05, 0) is 40.2 Å². The minimum Gasteiger partial charge on any atom is -0.444 e. The predicted molar refractivity (Wildman–Crippen MR) is 83.0 cm³/mol. The molecule has 1 amide bonds.